The van der Waals surface area contributed by atoms with Gasteiger partial charge in [0.05, 0.1) is 25.3 Å². The van der Waals surface area contributed by atoms with Gasteiger partial charge in [0.1, 0.15) is 23.8 Å². The standard InChI is InChI=1S/C27H35N3O6/c31-9-3-10-33-14-15-35-23-5-6-25-24(19-23)27(28-30(25)26-4-1-2-11-36-26)20-16-21(18-22(32)17-20)29-7-12-34-13-8-29/h5-6,16-19,26,31-32H,1-4,7-15H2. The first-order valence-corrected chi connectivity index (χ1v) is 12.9. The zero-order chi connectivity index (χ0) is 24.7. The van der Waals surface area contributed by atoms with Crippen molar-refractivity contribution in [3.63, 3.8) is 0 Å². The lowest BCUT2D eigenvalue weighted by molar-refractivity contribution is -0.0365. The number of fused-ring (bicyclic) bond motifs is 1. The molecule has 0 aliphatic carbocycles. The van der Waals surface area contributed by atoms with Gasteiger partial charge in [0.25, 0.3) is 0 Å². The molecule has 0 saturated carbocycles. The molecular weight excluding hydrogens is 462 g/mol. The third-order valence-corrected chi connectivity index (χ3v) is 6.60. The fraction of sp³-hybridized carbons (Fsp3) is 0.519. The number of phenols is 1. The van der Waals surface area contributed by atoms with E-state index in [0.717, 1.165) is 72.6 Å². The zero-order valence-corrected chi connectivity index (χ0v) is 20.6. The summed E-state index contributed by atoms with van der Waals surface area (Å²) in [5, 5.41) is 25.4. The number of hydrogen-bond donors (Lipinski definition) is 2. The van der Waals surface area contributed by atoms with Crippen LogP contribution in [-0.2, 0) is 14.2 Å². The maximum absolute atomic E-state index is 10.6. The summed E-state index contributed by atoms with van der Waals surface area (Å²) in [5.41, 5.74) is 3.56. The number of hydrogen-bond acceptors (Lipinski definition) is 8. The summed E-state index contributed by atoms with van der Waals surface area (Å²) in [7, 11) is 0. The van der Waals surface area contributed by atoms with E-state index in [1.165, 1.54) is 0 Å². The number of morpholine rings is 1. The van der Waals surface area contributed by atoms with Gasteiger partial charge < -0.3 is 34.1 Å². The van der Waals surface area contributed by atoms with Crippen LogP contribution in [0.15, 0.2) is 36.4 Å². The van der Waals surface area contributed by atoms with Crippen molar-refractivity contribution in [2.24, 2.45) is 0 Å². The molecule has 2 aliphatic heterocycles. The summed E-state index contributed by atoms with van der Waals surface area (Å²) >= 11 is 0. The predicted octanol–water partition coefficient (Wildman–Crippen LogP) is 3.72. The lowest BCUT2D eigenvalue weighted by Crippen LogP contribution is -2.36. The first kappa shape index (κ1) is 24.8. The van der Waals surface area contributed by atoms with Crippen LogP contribution in [0.5, 0.6) is 11.5 Å². The van der Waals surface area contributed by atoms with E-state index < -0.39 is 0 Å². The van der Waals surface area contributed by atoms with E-state index in [1.807, 2.05) is 22.9 Å². The highest BCUT2D eigenvalue weighted by Gasteiger charge is 2.23. The summed E-state index contributed by atoms with van der Waals surface area (Å²) in [4.78, 5) is 2.22. The van der Waals surface area contributed by atoms with Crippen molar-refractivity contribution in [1.82, 2.24) is 9.78 Å². The molecule has 2 aliphatic rings. The molecule has 2 N–H and O–H groups in total. The Hall–Kier alpha value is -2.85. The van der Waals surface area contributed by atoms with Crippen LogP contribution in [0, 0.1) is 0 Å². The maximum Gasteiger partial charge on any atom is 0.150 e. The van der Waals surface area contributed by atoms with Crippen molar-refractivity contribution in [2.75, 3.05) is 64.2 Å². The van der Waals surface area contributed by atoms with E-state index in [-0.39, 0.29) is 18.6 Å². The minimum absolute atomic E-state index is 0.113. The predicted molar refractivity (Wildman–Crippen MR) is 137 cm³/mol. The van der Waals surface area contributed by atoms with Crippen LogP contribution in [-0.4, -0.2) is 79.3 Å². The summed E-state index contributed by atoms with van der Waals surface area (Å²) < 4.78 is 25.0. The number of ether oxygens (including phenoxy) is 4. The van der Waals surface area contributed by atoms with Gasteiger partial charge >= 0.3 is 0 Å². The molecule has 0 bridgehead atoms. The topological polar surface area (TPSA) is 98.4 Å². The second-order valence-corrected chi connectivity index (χ2v) is 9.17. The monoisotopic (exact) mass is 497 g/mol. The number of aromatic hydroxyl groups is 1. The average molecular weight is 498 g/mol. The summed E-state index contributed by atoms with van der Waals surface area (Å²) in [6.07, 6.45) is 3.59. The lowest BCUT2D eigenvalue weighted by atomic mass is 10.1. The van der Waals surface area contributed by atoms with Crippen LogP contribution >= 0.6 is 0 Å². The number of phenolic OH excluding ortho intramolecular Hbond substituents is 1. The number of rotatable bonds is 10. The molecule has 194 valence electrons. The smallest absolute Gasteiger partial charge is 0.150 e. The maximum atomic E-state index is 10.6. The number of anilines is 1. The molecule has 1 aromatic heterocycles. The Morgan fingerprint density at radius 3 is 2.69 bits per heavy atom. The van der Waals surface area contributed by atoms with Gasteiger partial charge in [-0.25, -0.2) is 4.68 Å². The Balaban J connectivity index is 1.47. The van der Waals surface area contributed by atoms with Gasteiger partial charge in [-0.3, -0.25) is 0 Å². The number of aromatic nitrogens is 2. The highest BCUT2D eigenvalue weighted by molar-refractivity contribution is 5.95. The van der Waals surface area contributed by atoms with Gasteiger partial charge in [-0.2, -0.15) is 5.10 Å². The second-order valence-electron chi connectivity index (χ2n) is 9.17. The van der Waals surface area contributed by atoms with Gasteiger partial charge in [0.15, 0.2) is 6.23 Å². The minimum atomic E-state index is -0.113. The minimum Gasteiger partial charge on any atom is -0.508 e. The number of aliphatic hydroxyl groups is 1. The van der Waals surface area contributed by atoms with Crippen LogP contribution < -0.4 is 9.64 Å². The van der Waals surface area contributed by atoms with E-state index in [4.69, 9.17) is 29.2 Å². The fourth-order valence-electron chi connectivity index (χ4n) is 4.78. The van der Waals surface area contributed by atoms with E-state index in [9.17, 15) is 5.11 Å². The Kier molecular flexibility index (Phi) is 8.22. The molecule has 1 atom stereocenters. The number of benzene rings is 2. The lowest BCUT2D eigenvalue weighted by Gasteiger charge is -2.29. The fourth-order valence-corrected chi connectivity index (χ4v) is 4.78. The SMILES string of the molecule is OCCCOCCOc1ccc2c(c1)c(-c1cc(O)cc(N3CCOCC3)c1)nn2C1CCCCO1. The number of nitrogens with zero attached hydrogens (tertiary/aromatic N) is 3. The first-order valence-electron chi connectivity index (χ1n) is 12.9. The molecular formula is C27H35N3O6. The van der Waals surface area contributed by atoms with E-state index in [2.05, 4.69) is 11.0 Å². The molecule has 2 saturated heterocycles. The Bertz CT molecular complexity index is 1140. The second kappa shape index (κ2) is 11.9. The molecule has 9 nitrogen and oxygen atoms in total. The largest absolute Gasteiger partial charge is 0.508 e. The van der Waals surface area contributed by atoms with E-state index in [0.29, 0.717) is 39.5 Å². The van der Waals surface area contributed by atoms with Crippen molar-refractivity contribution in [3.8, 4) is 22.8 Å². The van der Waals surface area contributed by atoms with Gasteiger partial charge in [-0.05, 0) is 56.0 Å². The molecule has 3 heterocycles. The Morgan fingerprint density at radius 2 is 1.89 bits per heavy atom. The number of aliphatic hydroxyl groups excluding tert-OH is 1. The highest BCUT2D eigenvalue weighted by Crippen LogP contribution is 2.37. The van der Waals surface area contributed by atoms with Crippen molar-refractivity contribution in [3.05, 3.63) is 36.4 Å². The van der Waals surface area contributed by atoms with Crippen molar-refractivity contribution >= 4 is 16.6 Å². The van der Waals surface area contributed by atoms with Crippen molar-refractivity contribution in [2.45, 2.75) is 31.9 Å². The molecule has 3 aromatic rings. The first-order chi connectivity index (χ1) is 17.7. The molecule has 9 heteroatoms. The van der Waals surface area contributed by atoms with E-state index in [1.54, 1.807) is 12.1 Å². The Labute approximate surface area is 211 Å². The Morgan fingerprint density at radius 1 is 1.00 bits per heavy atom. The normalized spacial score (nSPS) is 18.6. The van der Waals surface area contributed by atoms with Crippen molar-refractivity contribution in [1.29, 1.82) is 0 Å². The molecule has 1 unspecified atom stereocenters. The molecule has 5 rings (SSSR count). The molecule has 36 heavy (non-hydrogen) atoms. The quantitative estimate of drug-likeness (QED) is 0.409. The molecule has 0 spiro atoms. The average Bonchev–Trinajstić information content (AvgIpc) is 3.30. The van der Waals surface area contributed by atoms with Crippen molar-refractivity contribution < 1.29 is 29.2 Å². The molecule has 2 fully saturated rings. The molecule has 0 amide bonds. The van der Waals surface area contributed by atoms with Gasteiger partial charge in [-0.1, -0.05) is 0 Å². The van der Waals surface area contributed by atoms with Crippen LogP contribution in [0.3, 0.4) is 0 Å². The summed E-state index contributed by atoms with van der Waals surface area (Å²) in [6.45, 7) is 5.15. The molecule has 0 radical (unpaired) electrons. The third kappa shape index (κ3) is 5.75. The van der Waals surface area contributed by atoms with E-state index >= 15 is 0 Å². The highest BCUT2D eigenvalue weighted by atomic mass is 16.5. The summed E-state index contributed by atoms with van der Waals surface area (Å²) in [5.74, 6) is 0.935. The van der Waals surface area contributed by atoms with Crippen LogP contribution in [0.25, 0.3) is 22.2 Å². The molecule has 2 aromatic carbocycles. The van der Waals surface area contributed by atoms with Gasteiger partial charge in [-0.15, -0.1) is 0 Å². The van der Waals surface area contributed by atoms with Crippen LogP contribution in [0.1, 0.15) is 31.9 Å². The summed E-state index contributed by atoms with van der Waals surface area (Å²) in [6, 6.07) is 11.6. The third-order valence-electron chi connectivity index (χ3n) is 6.60. The zero-order valence-electron chi connectivity index (χ0n) is 20.6. The van der Waals surface area contributed by atoms with Crippen LogP contribution in [0.2, 0.25) is 0 Å². The van der Waals surface area contributed by atoms with Gasteiger partial charge in [0, 0.05) is 55.6 Å². The van der Waals surface area contributed by atoms with Crippen LogP contribution in [0.4, 0.5) is 5.69 Å². The van der Waals surface area contributed by atoms with Gasteiger partial charge in [0.2, 0.25) is 0 Å².